The second kappa shape index (κ2) is 7.33. The predicted octanol–water partition coefficient (Wildman–Crippen LogP) is -0.0659. The van der Waals surface area contributed by atoms with Gasteiger partial charge in [-0.1, -0.05) is 13.8 Å². The largest absolute Gasteiger partial charge is 0.481 e. The Hall–Kier alpha value is -1.14. The Balaban J connectivity index is 2.54. The van der Waals surface area contributed by atoms with Gasteiger partial charge >= 0.3 is 5.97 Å². The Morgan fingerprint density at radius 1 is 1.39 bits per heavy atom. The first-order valence-electron chi connectivity index (χ1n) is 6.41. The van der Waals surface area contributed by atoms with Crippen molar-refractivity contribution < 1.29 is 19.4 Å². The first kappa shape index (κ1) is 14.9. The lowest BCUT2D eigenvalue weighted by Crippen LogP contribution is -2.47. The predicted molar refractivity (Wildman–Crippen MR) is 66.3 cm³/mol. The van der Waals surface area contributed by atoms with Gasteiger partial charge in [-0.25, -0.2) is 0 Å². The molecule has 0 saturated carbocycles. The van der Waals surface area contributed by atoms with Crippen LogP contribution in [0, 0.1) is 5.92 Å². The molecule has 1 aliphatic heterocycles. The van der Waals surface area contributed by atoms with E-state index < -0.39 is 11.9 Å². The highest BCUT2D eigenvalue weighted by molar-refractivity contribution is 5.78. The molecule has 6 nitrogen and oxygen atoms in total. The molecule has 104 valence electrons. The Morgan fingerprint density at radius 2 is 2.11 bits per heavy atom. The van der Waals surface area contributed by atoms with Gasteiger partial charge < -0.3 is 15.2 Å². The van der Waals surface area contributed by atoms with Crippen molar-refractivity contribution in [2.45, 2.75) is 26.3 Å². The molecule has 1 fully saturated rings. The van der Waals surface area contributed by atoms with E-state index in [1.165, 1.54) is 0 Å². The van der Waals surface area contributed by atoms with E-state index in [1.54, 1.807) is 0 Å². The van der Waals surface area contributed by atoms with Crippen molar-refractivity contribution in [2.24, 2.45) is 5.92 Å². The number of rotatable bonds is 7. The number of aliphatic carboxylic acids is 1. The summed E-state index contributed by atoms with van der Waals surface area (Å²) in [7, 11) is 0. The minimum Gasteiger partial charge on any atom is -0.481 e. The van der Waals surface area contributed by atoms with Crippen molar-refractivity contribution >= 4 is 11.9 Å². The number of likely N-dealkylation sites (N-methyl/N-ethyl adjacent to an activating group) is 1. The molecule has 2 unspecified atom stereocenters. The van der Waals surface area contributed by atoms with Crippen molar-refractivity contribution in [2.75, 3.05) is 32.8 Å². The lowest BCUT2D eigenvalue weighted by Gasteiger charge is -2.28. The molecular weight excluding hydrogens is 236 g/mol. The van der Waals surface area contributed by atoms with Crippen LogP contribution in [0.4, 0.5) is 0 Å². The lowest BCUT2D eigenvalue weighted by molar-refractivity contribution is -0.143. The van der Waals surface area contributed by atoms with Crippen LogP contribution in [0.15, 0.2) is 0 Å². The molecule has 1 saturated heterocycles. The number of carboxylic acids is 1. The maximum Gasteiger partial charge on any atom is 0.310 e. The van der Waals surface area contributed by atoms with Gasteiger partial charge in [-0.15, -0.1) is 0 Å². The number of carboxylic acid groups (broad SMARTS) is 1. The molecule has 0 radical (unpaired) electrons. The van der Waals surface area contributed by atoms with Crippen LogP contribution in [0.1, 0.15) is 20.3 Å². The Labute approximate surface area is 107 Å². The molecule has 1 aliphatic rings. The molecule has 0 bridgehead atoms. The van der Waals surface area contributed by atoms with Crippen LogP contribution in [0.5, 0.6) is 0 Å². The molecule has 18 heavy (non-hydrogen) atoms. The number of nitrogens with one attached hydrogen (secondary N) is 1. The van der Waals surface area contributed by atoms with E-state index in [-0.39, 0.29) is 25.1 Å². The van der Waals surface area contributed by atoms with Crippen LogP contribution in [0.2, 0.25) is 0 Å². The van der Waals surface area contributed by atoms with Gasteiger partial charge in [0, 0.05) is 12.6 Å². The zero-order valence-corrected chi connectivity index (χ0v) is 11.0. The second-order valence-electron chi connectivity index (χ2n) is 4.46. The highest BCUT2D eigenvalue weighted by atomic mass is 16.5. The molecule has 1 amide bonds. The van der Waals surface area contributed by atoms with Gasteiger partial charge in [-0.2, -0.15) is 0 Å². The highest BCUT2D eigenvalue weighted by Crippen LogP contribution is 2.19. The highest BCUT2D eigenvalue weighted by Gasteiger charge is 2.37. The molecule has 0 aromatic carbocycles. The van der Waals surface area contributed by atoms with Crippen LogP contribution in [-0.4, -0.2) is 60.8 Å². The Kier molecular flexibility index (Phi) is 6.07. The molecule has 2 N–H and O–H groups in total. The third kappa shape index (κ3) is 3.96. The van der Waals surface area contributed by atoms with Crippen LogP contribution in [0.3, 0.4) is 0 Å². The molecule has 0 aliphatic carbocycles. The van der Waals surface area contributed by atoms with Gasteiger partial charge in [0.1, 0.15) is 0 Å². The average molecular weight is 258 g/mol. The van der Waals surface area contributed by atoms with Crippen molar-refractivity contribution in [1.82, 2.24) is 10.2 Å². The molecule has 1 heterocycles. The quantitative estimate of drug-likeness (QED) is 0.668. The van der Waals surface area contributed by atoms with E-state index in [1.807, 2.05) is 18.7 Å². The van der Waals surface area contributed by atoms with Crippen LogP contribution >= 0.6 is 0 Å². The molecule has 1 rings (SSSR count). The SMILES string of the molecule is CCCNC(=O)CN(CC)C1COCC1C(=O)O. The van der Waals surface area contributed by atoms with Crippen molar-refractivity contribution in [3.63, 3.8) is 0 Å². The second-order valence-corrected chi connectivity index (χ2v) is 4.46. The number of ether oxygens (including phenoxy) is 1. The molecular formula is C12H22N2O4. The maximum atomic E-state index is 11.7. The summed E-state index contributed by atoms with van der Waals surface area (Å²) >= 11 is 0. The minimum absolute atomic E-state index is 0.0604. The standard InChI is InChI=1S/C12H22N2O4/c1-3-5-13-11(15)6-14(4-2)10-8-18-7-9(10)12(16)17/h9-10H,3-8H2,1-2H3,(H,13,15)(H,16,17). The third-order valence-electron chi connectivity index (χ3n) is 3.16. The topological polar surface area (TPSA) is 78.9 Å². The zero-order valence-electron chi connectivity index (χ0n) is 11.0. The molecule has 6 heteroatoms. The summed E-state index contributed by atoms with van der Waals surface area (Å²) in [5, 5.41) is 11.9. The van der Waals surface area contributed by atoms with Gasteiger partial charge in [0.25, 0.3) is 0 Å². The summed E-state index contributed by atoms with van der Waals surface area (Å²) in [5.74, 6) is -1.46. The number of hydrogen-bond donors (Lipinski definition) is 2. The normalized spacial score (nSPS) is 23.3. The van der Waals surface area contributed by atoms with E-state index in [0.29, 0.717) is 19.7 Å². The summed E-state index contributed by atoms with van der Waals surface area (Å²) in [6.07, 6.45) is 0.891. The zero-order chi connectivity index (χ0) is 13.5. The number of nitrogens with zero attached hydrogens (tertiary/aromatic N) is 1. The number of amides is 1. The fourth-order valence-corrected chi connectivity index (χ4v) is 2.11. The van der Waals surface area contributed by atoms with Crippen LogP contribution < -0.4 is 5.32 Å². The van der Waals surface area contributed by atoms with Crippen molar-refractivity contribution in [3.05, 3.63) is 0 Å². The molecule has 2 atom stereocenters. The van der Waals surface area contributed by atoms with E-state index in [2.05, 4.69) is 5.32 Å². The fraction of sp³-hybridized carbons (Fsp3) is 0.833. The summed E-state index contributed by atoms with van der Waals surface area (Å²) in [6, 6.07) is -0.208. The first-order chi connectivity index (χ1) is 8.60. The van der Waals surface area contributed by atoms with Gasteiger partial charge in [0.05, 0.1) is 25.7 Å². The molecule has 0 spiro atoms. The number of carbonyl (C=O) groups excluding carboxylic acids is 1. The third-order valence-corrected chi connectivity index (χ3v) is 3.16. The van der Waals surface area contributed by atoms with Gasteiger partial charge in [0.15, 0.2) is 0 Å². The summed E-state index contributed by atoms with van der Waals surface area (Å²) in [6.45, 7) is 6.04. The molecule has 0 aromatic heterocycles. The Morgan fingerprint density at radius 3 is 2.67 bits per heavy atom. The van der Waals surface area contributed by atoms with Gasteiger partial charge in [-0.3, -0.25) is 14.5 Å². The lowest BCUT2D eigenvalue weighted by atomic mass is 10.0. The Bertz CT molecular complexity index is 296. The summed E-state index contributed by atoms with van der Waals surface area (Å²) < 4.78 is 5.22. The first-order valence-corrected chi connectivity index (χ1v) is 6.41. The van der Waals surface area contributed by atoms with Gasteiger partial charge in [0.2, 0.25) is 5.91 Å². The van der Waals surface area contributed by atoms with Crippen LogP contribution in [0.25, 0.3) is 0 Å². The average Bonchev–Trinajstić information content (AvgIpc) is 2.82. The maximum absolute atomic E-state index is 11.7. The monoisotopic (exact) mass is 258 g/mol. The smallest absolute Gasteiger partial charge is 0.310 e. The summed E-state index contributed by atoms with van der Waals surface area (Å²) in [5.41, 5.74) is 0. The van der Waals surface area contributed by atoms with Crippen molar-refractivity contribution in [1.29, 1.82) is 0 Å². The fourth-order valence-electron chi connectivity index (χ4n) is 2.11. The van der Waals surface area contributed by atoms with Gasteiger partial charge in [-0.05, 0) is 13.0 Å². The van der Waals surface area contributed by atoms with Crippen molar-refractivity contribution in [3.8, 4) is 0 Å². The van der Waals surface area contributed by atoms with E-state index in [9.17, 15) is 9.59 Å². The van der Waals surface area contributed by atoms with E-state index >= 15 is 0 Å². The summed E-state index contributed by atoms with van der Waals surface area (Å²) in [4.78, 5) is 24.6. The minimum atomic E-state index is -0.857. The molecule has 0 aromatic rings. The van der Waals surface area contributed by atoms with E-state index in [0.717, 1.165) is 6.42 Å². The van der Waals surface area contributed by atoms with Crippen LogP contribution in [-0.2, 0) is 14.3 Å². The van der Waals surface area contributed by atoms with E-state index in [4.69, 9.17) is 9.84 Å². The number of carbonyl (C=O) groups is 2. The number of hydrogen-bond acceptors (Lipinski definition) is 4.